The van der Waals surface area contributed by atoms with Gasteiger partial charge in [0.15, 0.2) is 0 Å². The highest BCUT2D eigenvalue weighted by molar-refractivity contribution is 9.09. The Morgan fingerprint density at radius 3 is 2.67 bits per heavy atom. The van der Waals surface area contributed by atoms with Gasteiger partial charge in [-0.2, -0.15) is 4.98 Å². The molecule has 0 aliphatic rings. The number of nitrogens with zero attached hydrogens (tertiary/aromatic N) is 3. The van der Waals surface area contributed by atoms with Crippen molar-refractivity contribution in [2.75, 3.05) is 11.9 Å². The maximum atomic E-state index is 5.59. The molecule has 1 aromatic carbocycles. The van der Waals surface area contributed by atoms with Gasteiger partial charge in [-0.3, -0.25) is 0 Å². The number of rotatable bonds is 5. The number of alkyl halides is 1. The lowest BCUT2D eigenvalue weighted by Gasteiger charge is -2.20. The minimum atomic E-state index is 0.0677. The highest BCUT2D eigenvalue weighted by Gasteiger charge is 2.18. The third kappa shape index (κ3) is 3.32. The van der Waals surface area contributed by atoms with Crippen LogP contribution in [0.3, 0.4) is 0 Å². The molecule has 0 fully saturated rings. The van der Waals surface area contributed by atoms with Crippen molar-refractivity contribution in [3.05, 3.63) is 36.7 Å². The van der Waals surface area contributed by atoms with E-state index < -0.39 is 0 Å². The molecule has 2 rings (SSSR count). The van der Waals surface area contributed by atoms with E-state index in [1.54, 1.807) is 11.0 Å². The molecule has 0 aliphatic heterocycles. The van der Waals surface area contributed by atoms with Gasteiger partial charge in [0, 0.05) is 10.7 Å². The van der Waals surface area contributed by atoms with Crippen LogP contribution in [-0.4, -0.2) is 26.7 Å². The van der Waals surface area contributed by atoms with Crippen molar-refractivity contribution >= 4 is 15.9 Å². The zero-order valence-electron chi connectivity index (χ0n) is 10.5. The lowest BCUT2D eigenvalue weighted by molar-refractivity contribution is 0.189. The third-order valence-electron chi connectivity index (χ3n) is 2.45. The van der Waals surface area contributed by atoms with Gasteiger partial charge in [-0.05, 0) is 12.1 Å². The minimum Gasteiger partial charge on any atom is -0.462 e. The van der Waals surface area contributed by atoms with Crippen molar-refractivity contribution < 1.29 is 4.74 Å². The van der Waals surface area contributed by atoms with Crippen molar-refractivity contribution in [3.8, 4) is 11.7 Å². The SMILES string of the molecule is CC(C)(CBr)COc1ncn(-c2ccccc2)n1. The van der Waals surface area contributed by atoms with Gasteiger partial charge in [0.1, 0.15) is 6.33 Å². The summed E-state index contributed by atoms with van der Waals surface area (Å²) < 4.78 is 7.30. The van der Waals surface area contributed by atoms with E-state index in [1.807, 2.05) is 30.3 Å². The van der Waals surface area contributed by atoms with Crippen molar-refractivity contribution in [1.29, 1.82) is 0 Å². The number of hydrogen-bond acceptors (Lipinski definition) is 3. The molecule has 0 spiro atoms. The summed E-state index contributed by atoms with van der Waals surface area (Å²) in [5.74, 6) is 0. The first kappa shape index (κ1) is 13.1. The summed E-state index contributed by atoms with van der Waals surface area (Å²) >= 11 is 3.46. The first-order valence-corrected chi connectivity index (χ1v) is 6.89. The van der Waals surface area contributed by atoms with Gasteiger partial charge in [0.05, 0.1) is 12.3 Å². The molecule has 4 nitrogen and oxygen atoms in total. The summed E-state index contributed by atoms with van der Waals surface area (Å²) in [5, 5.41) is 5.16. The number of para-hydroxylation sites is 1. The average molecular weight is 310 g/mol. The standard InChI is InChI=1S/C13H16BrN3O/c1-13(2,8-14)9-18-12-15-10-17(16-12)11-6-4-3-5-7-11/h3-7,10H,8-9H2,1-2H3. The van der Waals surface area contributed by atoms with Crippen LogP contribution in [0.1, 0.15) is 13.8 Å². The Morgan fingerprint density at radius 1 is 1.28 bits per heavy atom. The van der Waals surface area contributed by atoms with E-state index in [2.05, 4.69) is 39.9 Å². The fourth-order valence-corrected chi connectivity index (χ4v) is 1.48. The number of hydrogen-bond donors (Lipinski definition) is 0. The van der Waals surface area contributed by atoms with Gasteiger partial charge < -0.3 is 4.74 Å². The molecule has 0 amide bonds. The molecule has 5 heteroatoms. The second-order valence-electron chi connectivity index (χ2n) is 4.89. The van der Waals surface area contributed by atoms with Crippen molar-refractivity contribution in [2.45, 2.75) is 13.8 Å². The lowest BCUT2D eigenvalue weighted by atomic mass is 9.99. The second-order valence-corrected chi connectivity index (χ2v) is 5.45. The third-order valence-corrected chi connectivity index (χ3v) is 3.96. The largest absolute Gasteiger partial charge is 0.462 e. The predicted octanol–water partition coefficient (Wildman–Crippen LogP) is 3.07. The van der Waals surface area contributed by atoms with Crippen molar-refractivity contribution in [3.63, 3.8) is 0 Å². The van der Waals surface area contributed by atoms with Crippen LogP contribution in [0.25, 0.3) is 5.69 Å². The fraction of sp³-hybridized carbons (Fsp3) is 0.385. The van der Waals surface area contributed by atoms with Crippen molar-refractivity contribution in [1.82, 2.24) is 14.8 Å². The maximum Gasteiger partial charge on any atom is 0.335 e. The predicted molar refractivity (Wildman–Crippen MR) is 74.4 cm³/mol. The number of ether oxygens (including phenoxy) is 1. The summed E-state index contributed by atoms with van der Waals surface area (Å²) in [6.07, 6.45) is 1.66. The molecule has 0 saturated carbocycles. The highest BCUT2D eigenvalue weighted by Crippen LogP contribution is 2.19. The average Bonchev–Trinajstić information content (AvgIpc) is 2.86. The van der Waals surface area contributed by atoms with E-state index in [1.165, 1.54) is 0 Å². The number of benzene rings is 1. The summed E-state index contributed by atoms with van der Waals surface area (Å²) in [4.78, 5) is 4.14. The van der Waals surface area contributed by atoms with Crippen molar-refractivity contribution in [2.24, 2.45) is 5.41 Å². The first-order chi connectivity index (χ1) is 8.61. The highest BCUT2D eigenvalue weighted by atomic mass is 79.9. The molecule has 0 aliphatic carbocycles. The Labute approximate surface area is 115 Å². The zero-order valence-corrected chi connectivity index (χ0v) is 12.1. The molecule has 0 bridgehead atoms. The maximum absolute atomic E-state index is 5.59. The molecule has 2 aromatic rings. The van der Waals surface area contributed by atoms with Gasteiger partial charge in [-0.1, -0.05) is 48.0 Å². The van der Waals surface area contributed by atoms with Crippen LogP contribution in [-0.2, 0) is 0 Å². The Bertz CT molecular complexity index is 496. The van der Waals surface area contributed by atoms with E-state index >= 15 is 0 Å². The van der Waals surface area contributed by atoms with E-state index in [4.69, 9.17) is 4.74 Å². The minimum absolute atomic E-state index is 0.0677. The van der Waals surface area contributed by atoms with Gasteiger partial charge in [0.25, 0.3) is 0 Å². The Hall–Kier alpha value is -1.36. The smallest absolute Gasteiger partial charge is 0.335 e. The van der Waals surface area contributed by atoms with E-state index in [0.29, 0.717) is 12.6 Å². The molecule has 0 saturated heterocycles. The van der Waals surface area contributed by atoms with E-state index in [9.17, 15) is 0 Å². The van der Waals surface area contributed by atoms with Crippen LogP contribution < -0.4 is 4.74 Å². The zero-order chi connectivity index (χ0) is 13.0. The Morgan fingerprint density at radius 2 is 2.00 bits per heavy atom. The Kier molecular flexibility index (Phi) is 4.01. The lowest BCUT2D eigenvalue weighted by Crippen LogP contribution is -2.23. The fourth-order valence-electron chi connectivity index (χ4n) is 1.32. The number of aromatic nitrogens is 3. The molecule has 18 heavy (non-hydrogen) atoms. The van der Waals surface area contributed by atoms with Crippen LogP contribution >= 0.6 is 15.9 Å². The van der Waals surface area contributed by atoms with Crippen LogP contribution in [0.5, 0.6) is 6.01 Å². The molecule has 96 valence electrons. The molecular formula is C13H16BrN3O. The van der Waals surface area contributed by atoms with Crippen LogP contribution in [0, 0.1) is 5.41 Å². The van der Waals surface area contributed by atoms with Gasteiger partial charge >= 0.3 is 6.01 Å². The molecular weight excluding hydrogens is 294 g/mol. The van der Waals surface area contributed by atoms with Crippen LogP contribution in [0.2, 0.25) is 0 Å². The van der Waals surface area contributed by atoms with E-state index in [0.717, 1.165) is 11.0 Å². The molecule has 0 radical (unpaired) electrons. The normalized spacial score (nSPS) is 11.5. The second kappa shape index (κ2) is 5.52. The quantitative estimate of drug-likeness (QED) is 0.797. The molecule has 0 atom stereocenters. The monoisotopic (exact) mass is 309 g/mol. The van der Waals surface area contributed by atoms with Crippen LogP contribution in [0.4, 0.5) is 0 Å². The van der Waals surface area contributed by atoms with Gasteiger partial charge in [-0.15, -0.1) is 5.10 Å². The number of halogens is 1. The molecule has 1 aromatic heterocycles. The topological polar surface area (TPSA) is 39.9 Å². The van der Waals surface area contributed by atoms with Crippen LogP contribution in [0.15, 0.2) is 36.7 Å². The molecule has 0 unspecified atom stereocenters. The van der Waals surface area contributed by atoms with E-state index in [-0.39, 0.29) is 5.41 Å². The van der Waals surface area contributed by atoms with Gasteiger partial charge in [0.2, 0.25) is 0 Å². The Balaban J connectivity index is 2.03. The molecule has 1 heterocycles. The summed E-state index contributed by atoms with van der Waals surface area (Å²) in [6, 6.07) is 10.3. The summed E-state index contributed by atoms with van der Waals surface area (Å²) in [5.41, 5.74) is 1.04. The first-order valence-electron chi connectivity index (χ1n) is 5.77. The van der Waals surface area contributed by atoms with Gasteiger partial charge in [-0.25, -0.2) is 4.68 Å². The molecule has 0 N–H and O–H groups in total. The summed E-state index contributed by atoms with van der Waals surface area (Å²) in [7, 11) is 0. The summed E-state index contributed by atoms with van der Waals surface area (Å²) in [6.45, 7) is 4.82.